The molecule has 0 spiro atoms. The Bertz CT molecular complexity index is 1300. The predicted octanol–water partition coefficient (Wildman–Crippen LogP) is 5.77. The molecule has 2 aromatic rings. The van der Waals surface area contributed by atoms with Gasteiger partial charge in [0.25, 0.3) is 0 Å². The summed E-state index contributed by atoms with van der Waals surface area (Å²) in [6, 6.07) is 11.3. The third kappa shape index (κ3) is 5.15. The standard InChI is InChI=1S/C28H27BrClNO6/c1-3-34-8-9-35-28(33)25-15(2)31-21-10-17(16-4-6-18(30)7-5-16)11-22(32)27(21)26(25)19-12-23-24(13-20(19)29)37-14-36-23/h4-7,12-13,17,26,31H,3,8-11,14H2,1-2H3. The molecule has 0 aromatic heterocycles. The molecule has 37 heavy (non-hydrogen) atoms. The van der Waals surface area contributed by atoms with E-state index < -0.39 is 11.9 Å². The van der Waals surface area contributed by atoms with Crippen LogP contribution in [0.1, 0.15) is 49.7 Å². The number of Topliss-reactive ketones (excluding diaryl/α,β-unsaturated/α-hetero) is 1. The summed E-state index contributed by atoms with van der Waals surface area (Å²) >= 11 is 9.73. The molecule has 1 N–H and O–H groups in total. The van der Waals surface area contributed by atoms with Crippen LogP contribution in [0.25, 0.3) is 0 Å². The number of carbonyl (C=O) groups is 2. The number of esters is 1. The number of ether oxygens (including phenoxy) is 4. The third-order valence-electron chi connectivity index (χ3n) is 6.86. The maximum Gasteiger partial charge on any atom is 0.336 e. The molecule has 0 saturated carbocycles. The first kappa shape index (κ1) is 25.8. The summed E-state index contributed by atoms with van der Waals surface area (Å²) in [6.07, 6.45) is 0.956. The lowest BCUT2D eigenvalue weighted by Crippen LogP contribution is -2.36. The summed E-state index contributed by atoms with van der Waals surface area (Å²) in [6.45, 7) is 4.80. The number of rotatable bonds is 7. The van der Waals surface area contributed by atoms with Crippen LogP contribution >= 0.6 is 27.5 Å². The summed E-state index contributed by atoms with van der Waals surface area (Å²) in [5, 5.41) is 4.03. The third-order valence-corrected chi connectivity index (χ3v) is 7.80. The summed E-state index contributed by atoms with van der Waals surface area (Å²) in [4.78, 5) is 27.2. The average Bonchev–Trinajstić information content (AvgIpc) is 3.32. The molecule has 194 valence electrons. The van der Waals surface area contributed by atoms with Crippen LogP contribution in [0.4, 0.5) is 0 Å². The zero-order valence-electron chi connectivity index (χ0n) is 20.6. The van der Waals surface area contributed by atoms with Crippen molar-refractivity contribution in [3.8, 4) is 11.5 Å². The van der Waals surface area contributed by atoms with Crippen molar-refractivity contribution in [2.24, 2.45) is 0 Å². The van der Waals surface area contributed by atoms with Gasteiger partial charge in [0.1, 0.15) is 6.61 Å². The first-order valence-corrected chi connectivity index (χ1v) is 13.4. The van der Waals surface area contributed by atoms with Crippen molar-refractivity contribution in [2.45, 2.75) is 38.5 Å². The Morgan fingerprint density at radius 1 is 1.14 bits per heavy atom. The molecule has 2 aliphatic heterocycles. The number of carbonyl (C=O) groups excluding carboxylic acids is 2. The Morgan fingerprint density at radius 3 is 2.59 bits per heavy atom. The second-order valence-corrected chi connectivity index (χ2v) is 10.4. The minimum absolute atomic E-state index is 0.00403. The van der Waals surface area contributed by atoms with Crippen molar-refractivity contribution < 1.29 is 28.5 Å². The van der Waals surface area contributed by atoms with E-state index in [1.54, 1.807) is 0 Å². The van der Waals surface area contributed by atoms with E-state index in [-0.39, 0.29) is 25.1 Å². The quantitative estimate of drug-likeness (QED) is 0.325. The van der Waals surface area contributed by atoms with E-state index >= 15 is 0 Å². The van der Waals surface area contributed by atoms with Gasteiger partial charge >= 0.3 is 5.97 Å². The van der Waals surface area contributed by atoms with E-state index in [0.717, 1.165) is 21.3 Å². The largest absolute Gasteiger partial charge is 0.460 e. The lowest BCUT2D eigenvalue weighted by atomic mass is 9.71. The molecule has 9 heteroatoms. The second-order valence-electron chi connectivity index (χ2n) is 9.13. The number of hydrogen-bond acceptors (Lipinski definition) is 7. The molecule has 2 aromatic carbocycles. The second kappa shape index (κ2) is 10.9. The van der Waals surface area contributed by atoms with Crippen LogP contribution in [0.15, 0.2) is 63.4 Å². The highest BCUT2D eigenvalue weighted by Gasteiger charge is 2.42. The first-order chi connectivity index (χ1) is 17.9. The van der Waals surface area contributed by atoms with Crippen LogP contribution in [0.2, 0.25) is 5.02 Å². The van der Waals surface area contributed by atoms with Crippen molar-refractivity contribution in [1.82, 2.24) is 5.32 Å². The highest BCUT2D eigenvalue weighted by Crippen LogP contribution is 2.49. The monoisotopic (exact) mass is 587 g/mol. The van der Waals surface area contributed by atoms with Crippen LogP contribution in [0.3, 0.4) is 0 Å². The Balaban J connectivity index is 1.56. The zero-order valence-corrected chi connectivity index (χ0v) is 22.9. The van der Waals surface area contributed by atoms with Gasteiger partial charge in [0.15, 0.2) is 17.3 Å². The fourth-order valence-electron chi connectivity index (χ4n) is 5.16. The number of ketones is 1. The van der Waals surface area contributed by atoms with Crippen molar-refractivity contribution in [3.63, 3.8) is 0 Å². The van der Waals surface area contributed by atoms with Crippen LogP contribution in [-0.4, -0.2) is 38.4 Å². The van der Waals surface area contributed by atoms with Gasteiger partial charge in [0.05, 0.1) is 12.2 Å². The van der Waals surface area contributed by atoms with Gasteiger partial charge in [-0.3, -0.25) is 4.79 Å². The van der Waals surface area contributed by atoms with Gasteiger partial charge in [-0.2, -0.15) is 0 Å². The molecule has 5 rings (SSSR count). The van der Waals surface area contributed by atoms with Gasteiger partial charge in [-0.05, 0) is 61.6 Å². The van der Waals surface area contributed by atoms with Gasteiger partial charge in [-0.25, -0.2) is 4.79 Å². The molecule has 7 nitrogen and oxygen atoms in total. The molecule has 0 bridgehead atoms. The van der Waals surface area contributed by atoms with Gasteiger partial charge in [-0.15, -0.1) is 0 Å². The molecule has 0 fully saturated rings. The van der Waals surface area contributed by atoms with Crippen LogP contribution in [-0.2, 0) is 19.1 Å². The molecule has 0 radical (unpaired) electrons. The fourth-order valence-corrected chi connectivity index (χ4v) is 5.84. The minimum Gasteiger partial charge on any atom is -0.460 e. The van der Waals surface area contributed by atoms with Crippen molar-refractivity contribution >= 4 is 39.3 Å². The van der Waals surface area contributed by atoms with E-state index in [0.29, 0.717) is 59.4 Å². The van der Waals surface area contributed by atoms with E-state index in [4.69, 9.17) is 30.5 Å². The number of halogens is 2. The van der Waals surface area contributed by atoms with Crippen molar-refractivity contribution in [1.29, 1.82) is 0 Å². The number of hydrogen-bond donors (Lipinski definition) is 1. The Morgan fingerprint density at radius 2 is 1.86 bits per heavy atom. The molecular formula is C28H27BrClNO6. The first-order valence-electron chi connectivity index (χ1n) is 12.2. The Labute approximate surface area is 228 Å². The fraction of sp³-hybridized carbons (Fsp3) is 0.357. The number of nitrogens with one attached hydrogen (secondary N) is 1. The number of allylic oxidation sites excluding steroid dienone is 3. The molecule has 2 heterocycles. The van der Waals surface area contributed by atoms with E-state index in [1.165, 1.54) is 0 Å². The van der Waals surface area contributed by atoms with Gasteiger partial charge < -0.3 is 24.3 Å². The Kier molecular flexibility index (Phi) is 7.60. The lowest BCUT2D eigenvalue weighted by Gasteiger charge is -2.37. The molecule has 3 aliphatic rings. The summed E-state index contributed by atoms with van der Waals surface area (Å²) in [7, 11) is 0. The molecule has 2 atom stereocenters. The maximum atomic E-state index is 13.8. The predicted molar refractivity (Wildman–Crippen MR) is 142 cm³/mol. The lowest BCUT2D eigenvalue weighted by molar-refractivity contribution is -0.140. The van der Waals surface area contributed by atoms with Gasteiger partial charge in [0, 0.05) is 45.4 Å². The molecule has 0 saturated heterocycles. The van der Waals surface area contributed by atoms with Gasteiger partial charge in [0.2, 0.25) is 6.79 Å². The van der Waals surface area contributed by atoms with Crippen LogP contribution < -0.4 is 14.8 Å². The smallest absolute Gasteiger partial charge is 0.336 e. The average molecular weight is 589 g/mol. The Hall–Kier alpha value is -2.81. The van der Waals surface area contributed by atoms with Crippen molar-refractivity contribution in [2.75, 3.05) is 26.6 Å². The molecule has 1 aliphatic carbocycles. The highest BCUT2D eigenvalue weighted by atomic mass is 79.9. The summed E-state index contributed by atoms with van der Waals surface area (Å²) in [5.41, 5.74) is 4.23. The van der Waals surface area contributed by atoms with E-state index in [9.17, 15) is 9.59 Å². The van der Waals surface area contributed by atoms with Crippen LogP contribution in [0.5, 0.6) is 11.5 Å². The van der Waals surface area contributed by atoms with E-state index in [1.807, 2.05) is 50.2 Å². The number of dihydropyridines is 1. The normalized spacial score (nSPS) is 20.6. The van der Waals surface area contributed by atoms with E-state index in [2.05, 4.69) is 21.2 Å². The summed E-state index contributed by atoms with van der Waals surface area (Å²) in [5.74, 6) is 0.0533. The van der Waals surface area contributed by atoms with Crippen molar-refractivity contribution in [3.05, 3.63) is 79.6 Å². The highest BCUT2D eigenvalue weighted by molar-refractivity contribution is 9.10. The zero-order chi connectivity index (χ0) is 26.1. The molecular weight excluding hydrogens is 562 g/mol. The summed E-state index contributed by atoms with van der Waals surface area (Å²) < 4.78 is 22.8. The number of benzene rings is 2. The minimum atomic E-state index is -0.626. The molecule has 0 amide bonds. The van der Waals surface area contributed by atoms with Gasteiger partial charge in [-0.1, -0.05) is 39.7 Å². The maximum absolute atomic E-state index is 13.8. The van der Waals surface area contributed by atoms with Crippen LogP contribution in [0, 0.1) is 0 Å². The topological polar surface area (TPSA) is 83.1 Å². The SMILES string of the molecule is CCOCCOC(=O)C1=C(C)NC2=C(C(=O)CC(c3ccc(Cl)cc3)C2)C1c1cc2c(cc1Br)OCO2. The number of fused-ring (bicyclic) bond motifs is 1. The molecule has 2 unspecified atom stereocenters.